The summed E-state index contributed by atoms with van der Waals surface area (Å²) in [5, 5.41) is 15.2. The summed E-state index contributed by atoms with van der Waals surface area (Å²) < 4.78 is 43.3. The molecule has 0 radical (unpaired) electrons. The zero-order valence-corrected chi connectivity index (χ0v) is 18.2. The van der Waals surface area contributed by atoms with Gasteiger partial charge >= 0.3 is 12.2 Å². The predicted molar refractivity (Wildman–Crippen MR) is 117 cm³/mol. The highest BCUT2D eigenvalue weighted by molar-refractivity contribution is 6.01. The van der Waals surface area contributed by atoms with Crippen molar-refractivity contribution in [3.8, 4) is 0 Å². The lowest BCUT2D eigenvalue weighted by Gasteiger charge is -2.35. The molecule has 2 atom stereocenters. The highest BCUT2D eigenvalue weighted by atomic mass is 19.4. The van der Waals surface area contributed by atoms with Crippen LogP contribution in [0.4, 0.5) is 29.3 Å². The summed E-state index contributed by atoms with van der Waals surface area (Å²) in [6.07, 6.45) is -2.66. The number of alkyl halides is 3. The number of ether oxygens (including phenoxy) is 1. The fraction of sp³-hybridized carbons (Fsp3) is 0.435. The Kier molecular flexibility index (Phi) is 7.03. The number of rotatable bonds is 4. The Bertz CT molecular complexity index is 1010. The van der Waals surface area contributed by atoms with Crippen LogP contribution in [0.1, 0.15) is 36.4 Å². The van der Waals surface area contributed by atoms with Crippen LogP contribution >= 0.6 is 0 Å². The van der Waals surface area contributed by atoms with Gasteiger partial charge in [0.2, 0.25) is 5.91 Å². The standard InChI is InChI=1S/C23H25F3N4O4/c24-23(25,26)20-6-3-16(12-27-20)28-22(33)29-19-11-18(31)13-30(21(19)32)17-4-1-14(2-5-17)15-7-9-34-10-8-15/h1-6,12,15,18-19,31H,7-11,13H2,(H2,28,29,33)/t18-,19-/m1/s1. The average Bonchev–Trinajstić information content (AvgIpc) is 2.81. The maximum Gasteiger partial charge on any atom is 0.433 e. The van der Waals surface area contributed by atoms with Crippen molar-refractivity contribution in [1.29, 1.82) is 0 Å². The van der Waals surface area contributed by atoms with E-state index in [1.54, 1.807) is 0 Å². The van der Waals surface area contributed by atoms with E-state index in [1.807, 2.05) is 24.3 Å². The molecule has 2 aromatic rings. The fourth-order valence-electron chi connectivity index (χ4n) is 4.21. The molecule has 0 unspecified atom stereocenters. The Balaban J connectivity index is 1.39. The van der Waals surface area contributed by atoms with E-state index in [-0.39, 0.29) is 24.6 Å². The van der Waals surface area contributed by atoms with Crippen LogP contribution in [0.3, 0.4) is 0 Å². The number of carbonyl (C=O) groups excluding carboxylic acids is 2. The SMILES string of the molecule is O=C(Nc1ccc(C(F)(F)F)nc1)N[C@@H]1C[C@@H](O)CN(c2ccc(C3CCOCC3)cc2)C1=O. The number of urea groups is 1. The third-order valence-electron chi connectivity index (χ3n) is 5.98. The molecule has 34 heavy (non-hydrogen) atoms. The molecule has 11 heteroatoms. The Morgan fingerprint density at radius 2 is 1.82 bits per heavy atom. The first-order chi connectivity index (χ1) is 16.2. The van der Waals surface area contributed by atoms with Crippen molar-refractivity contribution in [1.82, 2.24) is 10.3 Å². The summed E-state index contributed by atoms with van der Waals surface area (Å²) in [6.45, 7) is 1.54. The smallest absolute Gasteiger partial charge is 0.391 e. The van der Waals surface area contributed by atoms with Gasteiger partial charge in [-0.2, -0.15) is 13.2 Å². The second kappa shape index (κ2) is 9.98. The zero-order chi connectivity index (χ0) is 24.3. The summed E-state index contributed by atoms with van der Waals surface area (Å²) in [7, 11) is 0. The van der Waals surface area contributed by atoms with Crippen LogP contribution in [0, 0.1) is 0 Å². The summed E-state index contributed by atoms with van der Waals surface area (Å²) in [5.41, 5.74) is 0.729. The van der Waals surface area contributed by atoms with Gasteiger partial charge < -0.3 is 25.4 Å². The number of aliphatic hydroxyl groups is 1. The molecule has 2 aliphatic heterocycles. The van der Waals surface area contributed by atoms with Gasteiger partial charge in [0.1, 0.15) is 11.7 Å². The lowest BCUT2D eigenvalue weighted by Crippen LogP contribution is -2.57. The molecule has 2 saturated heterocycles. The first-order valence-corrected chi connectivity index (χ1v) is 11.0. The average molecular weight is 478 g/mol. The van der Waals surface area contributed by atoms with Crippen molar-refractivity contribution in [3.63, 3.8) is 0 Å². The summed E-state index contributed by atoms with van der Waals surface area (Å²) in [5.74, 6) is 0.0213. The maximum atomic E-state index is 13.0. The molecule has 1 aromatic heterocycles. The zero-order valence-electron chi connectivity index (χ0n) is 18.2. The molecule has 182 valence electrons. The number of β-amino-alcohol motifs (C(OH)–C–C–N with tert-alkyl or cyclic N) is 1. The van der Waals surface area contributed by atoms with Crippen molar-refractivity contribution in [2.24, 2.45) is 0 Å². The van der Waals surface area contributed by atoms with Crippen LogP contribution in [0.25, 0.3) is 0 Å². The van der Waals surface area contributed by atoms with Crippen LogP contribution in [-0.4, -0.2) is 53.9 Å². The van der Waals surface area contributed by atoms with Gasteiger partial charge in [0.15, 0.2) is 0 Å². The third-order valence-corrected chi connectivity index (χ3v) is 5.98. The second-order valence-corrected chi connectivity index (χ2v) is 8.40. The Morgan fingerprint density at radius 3 is 2.44 bits per heavy atom. The van der Waals surface area contributed by atoms with Crippen molar-refractivity contribution in [2.75, 3.05) is 30.0 Å². The van der Waals surface area contributed by atoms with Crippen molar-refractivity contribution < 1.29 is 32.6 Å². The number of halogens is 3. The Morgan fingerprint density at radius 1 is 1.12 bits per heavy atom. The normalized spacial score (nSPS) is 21.9. The van der Waals surface area contributed by atoms with Crippen LogP contribution in [0.15, 0.2) is 42.6 Å². The van der Waals surface area contributed by atoms with E-state index >= 15 is 0 Å². The Hall–Kier alpha value is -3.18. The van der Waals surface area contributed by atoms with E-state index in [2.05, 4.69) is 15.6 Å². The largest absolute Gasteiger partial charge is 0.433 e. The molecule has 0 bridgehead atoms. The van der Waals surface area contributed by atoms with Crippen LogP contribution in [0.2, 0.25) is 0 Å². The van der Waals surface area contributed by atoms with E-state index in [1.165, 1.54) is 4.90 Å². The number of pyridine rings is 1. The second-order valence-electron chi connectivity index (χ2n) is 8.40. The predicted octanol–water partition coefficient (Wildman–Crippen LogP) is 3.28. The van der Waals surface area contributed by atoms with E-state index in [0.29, 0.717) is 11.6 Å². The summed E-state index contributed by atoms with van der Waals surface area (Å²) >= 11 is 0. The van der Waals surface area contributed by atoms with E-state index in [0.717, 1.165) is 49.9 Å². The molecule has 0 spiro atoms. The minimum atomic E-state index is -4.59. The molecule has 3 heterocycles. The lowest BCUT2D eigenvalue weighted by molar-refractivity contribution is -0.141. The number of hydrogen-bond donors (Lipinski definition) is 3. The number of nitrogens with one attached hydrogen (secondary N) is 2. The molecule has 3 amide bonds. The number of nitrogens with zero attached hydrogens (tertiary/aromatic N) is 2. The number of aromatic nitrogens is 1. The van der Waals surface area contributed by atoms with Gasteiger partial charge in [0.25, 0.3) is 0 Å². The molecule has 8 nitrogen and oxygen atoms in total. The van der Waals surface area contributed by atoms with Gasteiger partial charge in [-0.3, -0.25) is 4.79 Å². The van der Waals surface area contributed by atoms with E-state index < -0.39 is 30.0 Å². The molecule has 2 aliphatic rings. The molecule has 4 rings (SSSR count). The number of hydrogen-bond acceptors (Lipinski definition) is 5. The van der Waals surface area contributed by atoms with Crippen LogP contribution in [-0.2, 0) is 15.7 Å². The number of amides is 3. The molecule has 0 aliphatic carbocycles. The quantitative estimate of drug-likeness (QED) is 0.626. The van der Waals surface area contributed by atoms with Crippen LogP contribution in [0.5, 0.6) is 0 Å². The monoisotopic (exact) mass is 478 g/mol. The molecule has 1 aromatic carbocycles. The van der Waals surface area contributed by atoms with E-state index in [4.69, 9.17) is 4.74 Å². The minimum absolute atomic E-state index is 0.0220. The van der Waals surface area contributed by atoms with Gasteiger partial charge in [0, 0.05) is 25.3 Å². The number of aliphatic hydroxyl groups excluding tert-OH is 1. The van der Waals surface area contributed by atoms with Gasteiger partial charge in [-0.05, 0) is 48.6 Å². The van der Waals surface area contributed by atoms with Gasteiger partial charge in [0.05, 0.1) is 24.5 Å². The topological polar surface area (TPSA) is 104 Å². The number of benzene rings is 1. The van der Waals surface area contributed by atoms with Gasteiger partial charge in [-0.15, -0.1) is 0 Å². The fourth-order valence-corrected chi connectivity index (χ4v) is 4.21. The lowest BCUT2D eigenvalue weighted by atomic mass is 9.91. The van der Waals surface area contributed by atoms with Crippen molar-refractivity contribution in [3.05, 3.63) is 53.9 Å². The highest BCUT2D eigenvalue weighted by Crippen LogP contribution is 2.30. The molecule has 0 saturated carbocycles. The highest BCUT2D eigenvalue weighted by Gasteiger charge is 2.36. The number of anilines is 2. The molecule has 2 fully saturated rings. The molecular formula is C23H25F3N4O4. The van der Waals surface area contributed by atoms with Crippen molar-refractivity contribution in [2.45, 2.75) is 43.5 Å². The number of carbonyl (C=O) groups is 2. The number of piperidine rings is 1. The molecule has 3 N–H and O–H groups in total. The summed E-state index contributed by atoms with van der Waals surface area (Å²) in [6, 6.07) is 7.61. The first kappa shape index (κ1) is 24.0. The van der Waals surface area contributed by atoms with Gasteiger partial charge in [-0.25, -0.2) is 9.78 Å². The molecular weight excluding hydrogens is 453 g/mol. The third kappa shape index (κ3) is 5.65. The summed E-state index contributed by atoms with van der Waals surface area (Å²) in [4.78, 5) is 30.1. The van der Waals surface area contributed by atoms with Gasteiger partial charge in [-0.1, -0.05) is 12.1 Å². The minimum Gasteiger partial charge on any atom is -0.391 e. The maximum absolute atomic E-state index is 13.0. The Labute approximate surface area is 194 Å². The van der Waals surface area contributed by atoms with E-state index in [9.17, 15) is 27.9 Å². The van der Waals surface area contributed by atoms with Crippen LogP contribution < -0.4 is 15.5 Å². The first-order valence-electron chi connectivity index (χ1n) is 11.0. The van der Waals surface area contributed by atoms with Crippen molar-refractivity contribution >= 4 is 23.3 Å².